The van der Waals surface area contributed by atoms with Gasteiger partial charge in [-0.25, -0.2) is 4.98 Å². The Bertz CT molecular complexity index is 1340. The van der Waals surface area contributed by atoms with Crippen LogP contribution in [0.25, 0.3) is 22.3 Å². The van der Waals surface area contributed by atoms with Gasteiger partial charge in [0.05, 0.1) is 29.5 Å². The van der Waals surface area contributed by atoms with Gasteiger partial charge in [0, 0.05) is 36.1 Å². The molecule has 0 saturated heterocycles. The molecule has 6 heteroatoms. The fourth-order valence-electron chi connectivity index (χ4n) is 3.75. The van der Waals surface area contributed by atoms with Crippen molar-refractivity contribution in [2.45, 2.75) is 13.1 Å². The van der Waals surface area contributed by atoms with Crippen LogP contribution >= 0.6 is 0 Å². The number of carbonyl (C=O) groups is 1. The molecule has 0 aliphatic rings. The molecule has 0 bridgehead atoms. The van der Waals surface area contributed by atoms with Gasteiger partial charge < -0.3 is 9.88 Å². The fourth-order valence-corrected chi connectivity index (χ4v) is 3.75. The summed E-state index contributed by atoms with van der Waals surface area (Å²) in [6, 6.07) is 23.3. The molecule has 0 aliphatic heterocycles. The molecular formula is C26H21N5O. The maximum absolute atomic E-state index is 13.7. The highest BCUT2D eigenvalue weighted by molar-refractivity contribution is 6.05. The number of hydrogen-bond donors (Lipinski definition) is 1. The minimum absolute atomic E-state index is 0.0889. The Balaban J connectivity index is 1.48. The Labute approximate surface area is 185 Å². The molecular weight excluding hydrogens is 398 g/mol. The van der Waals surface area contributed by atoms with Crippen molar-refractivity contribution in [2.75, 3.05) is 0 Å². The molecule has 5 aromatic rings. The van der Waals surface area contributed by atoms with Crippen LogP contribution in [0.1, 0.15) is 21.6 Å². The highest BCUT2D eigenvalue weighted by Gasteiger charge is 2.20. The lowest BCUT2D eigenvalue weighted by atomic mass is 10.1. The van der Waals surface area contributed by atoms with Crippen molar-refractivity contribution in [3.8, 4) is 11.4 Å². The van der Waals surface area contributed by atoms with Crippen molar-refractivity contribution in [3.63, 3.8) is 0 Å². The standard InChI is InChI=1S/C26H21N5O/c32-26(23-12-4-10-20-11-6-14-28-24(20)23)31(17-19-7-5-13-27-15-19)18-22-16-29-25(30-22)21-8-2-1-3-9-21/h1-16H,17-18H2,(H,29,30). The zero-order chi connectivity index (χ0) is 21.8. The second-order valence-corrected chi connectivity index (χ2v) is 7.53. The Morgan fingerprint density at radius 2 is 1.66 bits per heavy atom. The molecule has 0 saturated carbocycles. The predicted molar refractivity (Wildman–Crippen MR) is 124 cm³/mol. The lowest BCUT2D eigenvalue weighted by Gasteiger charge is -2.22. The van der Waals surface area contributed by atoms with E-state index in [1.807, 2.05) is 72.8 Å². The van der Waals surface area contributed by atoms with Gasteiger partial charge in [0.1, 0.15) is 5.82 Å². The van der Waals surface area contributed by atoms with Crippen molar-refractivity contribution in [1.29, 1.82) is 0 Å². The number of hydrogen-bond acceptors (Lipinski definition) is 4. The van der Waals surface area contributed by atoms with Gasteiger partial charge >= 0.3 is 0 Å². The summed E-state index contributed by atoms with van der Waals surface area (Å²) in [4.78, 5) is 32.0. The molecule has 6 nitrogen and oxygen atoms in total. The number of para-hydroxylation sites is 1. The first-order chi connectivity index (χ1) is 15.8. The van der Waals surface area contributed by atoms with E-state index < -0.39 is 0 Å². The summed E-state index contributed by atoms with van der Waals surface area (Å²) in [5.41, 5.74) is 4.09. The molecule has 3 heterocycles. The molecule has 32 heavy (non-hydrogen) atoms. The van der Waals surface area contributed by atoms with Gasteiger partial charge in [-0.3, -0.25) is 14.8 Å². The Kier molecular flexibility index (Phi) is 5.41. The second kappa shape index (κ2) is 8.81. The maximum atomic E-state index is 13.7. The van der Waals surface area contributed by atoms with E-state index in [1.54, 1.807) is 29.7 Å². The largest absolute Gasteiger partial charge is 0.340 e. The van der Waals surface area contributed by atoms with E-state index in [9.17, 15) is 4.79 Å². The van der Waals surface area contributed by atoms with E-state index in [-0.39, 0.29) is 5.91 Å². The molecule has 0 spiro atoms. The quantitative estimate of drug-likeness (QED) is 0.426. The number of nitrogens with one attached hydrogen (secondary N) is 1. The minimum Gasteiger partial charge on any atom is -0.340 e. The maximum Gasteiger partial charge on any atom is 0.256 e. The Morgan fingerprint density at radius 1 is 0.812 bits per heavy atom. The van der Waals surface area contributed by atoms with E-state index in [4.69, 9.17) is 0 Å². The lowest BCUT2D eigenvalue weighted by Crippen LogP contribution is -2.30. The van der Waals surface area contributed by atoms with E-state index in [1.165, 1.54) is 0 Å². The van der Waals surface area contributed by atoms with Crippen molar-refractivity contribution in [3.05, 3.63) is 114 Å². The Morgan fingerprint density at radius 3 is 2.50 bits per heavy atom. The van der Waals surface area contributed by atoms with E-state index in [0.717, 1.165) is 28.0 Å². The van der Waals surface area contributed by atoms with Crippen LogP contribution in [0, 0.1) is 0 Å². The summed E-state index contributed by atoms with van der Waals surface area (Å²) in [6.45, 7) is 0.812. The second-order valence-electron chi connectivity index (χ2n) is 7.53. The molecule has 5 rings (SSSR count). The third-order valence-corrected chi connectivity index (χ3v) is 5.28. The molecule has 1 N–H and O–H groups in total. The average Bonchev–Trinajstić information content (AvgIpc) is 3.33. The van der Waals surface area contributed by atoms with Gasteiger partial charge in [0.2, 0.25) is 0 Å². The first kappa shape index (κ1) is 19.6. The molecule has 2 aromatic carbocycles. The molecule has 0 fully saturated rings. The van der Waals surface area contributed by atoms with Crippen LogP contribution in [0.5, 0.6) is 0 Å². The summed E-state index contributed by atoms with van der Waals surface area (Å²) < 4.78 is 0. The van der Waals surface area contributed by atoms with Crippen LogP contribution in [0.15, 0.2) is 97.6 Å². The van der Waals surface area contributed by atoms with Gasteiger partial charge in [-0.15, -0.1) is 0 Å². The lowest BCUT2D eigenvalue weighted by molar-refractivity contribution is 0.0729. The summed E-state index contributed by atoms with van der Waals surface area (Å²) in [5, 5.41) is 0.938. The van der Waals surface area contributed by atoms with Crippen LogP contribution in [0.3, 0.4) is 0 Å². The number of imidazole rings is 1. The zero-order valence-electron chi connectivity index (χ0n) is 17.3. The van der Waals surface area contributed by atoms with E-state index in [2.05, 4.69) is 19.9 Å². The van der Waals surface area contributed by atoms with Crippen LogP contribution < -0.4 is 0 Å². The number of pyridine rings is 2. The summed E-state index contributed by atoms with van der Waals surface area (Å²) >= 11 is 0. The fraction of sp³-hybridized carbons (Fsp3) is 0.0769. The number of H-pyrrole nitrogens is 1. The monoisotopic (exact) mass is 419 g/mol. The number of carbonyl (C=O) groups excluding carboxylic acids is 1. The number of aromatic nitrogens is 4. The van der Waals surface area contributed by atoms with Crippen LogP contribution in [0.2, 0.25) is 0 Å². The smallest absolute Gasteiger partial charge is 0.256 e. The van der Waals surface area contributed by atoms with Crippen LogP contribution in [-0.4, -0.2) is 30.7 Å². The first-order valence-electron chi connectivity index (χ1n) is 10.4. The van der Waals surface area contributed by atoms with Crippen molar-refractivity contribution >= 4 is 16.8 Å². The highest BCUT2D eigenvalue weighted by Crippen LogP contribution is 2.21. The number of rotatable bonds is 6. The third-order valence-electron chi connectivity index (χ3n) is 5.28. The molecule has 1 amide bonds. The average molecular weight is 419 g/mol. The van der Waals surface area contributed by atoms with Gasteiger partial charge in [0.25, 0.3) is 5.91 Å². The topological polar surface area (TPSA) is 74.8 Å². The van der Waals surface area contributed by atoms with Gasteiger partial charge in [0.15, 0.2) is 0 Å². The first-order valence-corrected chi connectivity index (χ1v) is 10.4. The molecule has 156 valence electrons. The third kappa shape index (κ3) is 4.11. The SMILES string of the molecule is O=C(c1cccc2cccnc12)N(Cc1cccnc1)Cc1cnc(-c2ccccc2)[nH]1. The normalized spacial score (nSPS) is 10.9. The van der Waals surface area contributed by atoms with Crippen LogP contribution in [-0.2, 0) is 13.1 Å². The van der Waals surface area contributed by atoms with Crippen LogP contribution in [0.4, 0.5) is 0 Å². The number of benzene rings is 2. The zero-order valence-corrected chi connectivity index (χ0v) is 17.3. The van der Waals surface area contributed by atoms with Crippen molar-refractivity contribution in [2.24, 2.45) is 0 Å². The molecule has 0 unspecified atom stereocenters. The Hall–Kier alpha value is -4.32. The number of nitrogens with zero attached hydrogens (tertiary/aromatic N) is 4. The van der Waals surface area contributed by atoms with Crippen molar-refractivity contribution in [1.82, 2.24) is 24.8 Å². The summed E-state index contributed by atoms with van der Waals surface area (Å²) in [7, 11) is 0. The molecule has 0 aliphatic carbocycles. The number of amides is 1. The number of aromatic amines is 1. The highest BCUT2D eigenvalue weighted by atomic mass is 16.2. The van der Waals surface area contributed by atoms with E-state index >= 15 is 0 Å². The molecule has 0 radical (unpaired) electrons. The van der Waals surface area contributed by atoms with Gasteiger partial charge in [-0.1, -0.05) is 54.6 Å². The van der Waals surface area contributed by atoms with E-state index in [0.29, 0.717) is 24.2 Å². The number of fused-ring (bicyclic) bond motifs is 1. The minimum atomic E-state index is -0.0889. The molecule has 0 atom stereocenters. The van der Waals surface area contributed by atoms with Gasteiger partial charge in [-0.05, 0) is 23.8 Å². The van der Waals surface area contributed by atoms with Gasteiger partial charge in [-0.2, -0.15) is 0 Å². The predicted octanol–water partition coefficient (Wildman–Crippen LogP) is 4.86. The van der Waals surface area contributed by atoms with Crippen molar-refractivity contribution < 1.29 is 4.79 Å². The summed E-state index contributed by atoms with van der Waals surface area (Å²) in [6.07, 6.45) is 7.01. The summed E-state index contributed by atoms with van der Waals surface area (Å²) in [5.74, 6) is 0.690. The molecule has 3 aromatic heterocycles.